The van der Waals surface area contributed by atoms with Gasteiger partial charge in [0.05, 0.1) is 18.1 Å². The molecule has 0 unspecified atom stereocenters. The summed E-state index contributed by atoms with van der Waals surface area (Å²) in [4.78, 5) is 22.7. The third-order valence-electron chi connectivity index (χ3n) is 3.40. The van der Waals surface area contributed by atoms with Crippen molar-refractivity contribution in [2.75, 3.05) is 13.7 Å². The zero-order valence-corrected chi connectivity index (χ0v) is 13.2. The van der Waals surface area contributed by atoms with Crippen LogP contribution in [0.15, 0.2) is 36.4 Å². The maximum absolute atomic E-state index is 12.2. The summed E-state index contributed by atoms with van der Waals surface area (Å²) in [6.07, 6.45) is 0. The quantitative estimate of drug-likeness (QED) is 0.463. The topological polar surface area (TPSA) is 78.7 Å². The van der Waals surface area contributed by atoms with Crippen LogP contribution in [-0.4, -0.2) is 24.4 Å². The Balaban J connectivity index is 2.17. The van der Waals surface area contributed by atoms with Crippen molar-refractivity contribution in [2.45, 2.75) is 13.8 Å². The molecule has 2 aromatic rings. The minimum absolute atomic E-state index is 0.0360. The molecular formula is C17H17NO5. The molecule has 120 valence electrons. The van der Waals surface area contributed by atoms with Crippen molar-refractivity contribution in [3.8, 4) is 11.5 Å². The first kappa shape index (κ1) is 16.5. The van der Waals surface area contributed by atoms with Crippen LogP contribution in [0.1, 0.15) is 21.5 Å². The maximum atomic E-state index is 12.2. The summed E-state index contributed by atoms with van der Waals surface area (Å²) in [6.45, 7) is 3.52. The van der Waals surface area contributed by atoms with Crippen molar-refractivity contribution in [2.24, 2.45) is 0 Å². The second-order valence-corrected chi connectivity index (χ2v) is 5.12. The van der Waals surface area contributed by atoms with Crippen LogP contribution < -0.4 is 9.47 Å². The summed E-state index contributed by atoms with van der Waals surface area (Å²) in [5.41, 5.74) is 2.22. The molecule has 0 bridgehead atoms. The van der Waals surface area contributed by atoms with Gasteiger partial charge in [0.25, 0.3) is 0 Å². The molecule has 0 saturated carbocycles. The summed E-state index contributed by atoms with van der Waals surface area (Å²) in [7, 11) is 1.42. The number of carbonyl (C=O) groups is 1. The van der Waals surface area contributed by atoms with Gasteiger partial charge in [0.1, 0.15) is 5.75 Å². The molecule has 0 spiro atoms. The molecule has 0 saturated heterocycles. The van der Waals surface area contributed by atoms with Gasteiger partial charge >= 0.3 is 5.69 Å². The normalized spacial score (nSPS) is 10.2. The summed E-state index contributed by atoms with van der Waals surface area (Å²) in [6, 6.07) is 9.71. The van der Waals surface area contributed by atoms with Crippen LogP contribution in [0.3, 0.4) is 0 Å². The number of nitrogens with zero attached hydrogens (tertiary/aromatic N) is 1. The lowest BCUT2D eigenvalue weighted by Crippen LogP contribution is -2.13. The number of aryl methyl sites for hydroxylation is 2. The highest BCUT2D eigenvalue weighted by Crippen LogP contribution is 2.31. The van der Waals surface area contributed by atoms with Crippen LogP contribution >= 0.6 is 0 Å². The number of ether oxygens (including phenoxy) is 2. The molecule has 2 aromatic carbocycles. The largest absolute Gasteiger partial charge is 0.496 e. The number of methoxy groups -OCH3 is 1. The highest BCUT2D eigenvalue weighted by molar-refractivity contribution is 5.98. The van der Waals surface area contributed by atoms with Gasteiger partial charge in [0, 0.05) is 5.56 Å². The molecule has 0 atom stereocenters. The van der Waals surface area contributed by atoms with Gasteiger partial charge in [0.2, 0.25) is 0 Å². The van der Waals surface area contributed by atoms with E-state index in [1.54, 1.807) is 12.1 Å². The molecule has 6 heteroatoms. The highest BCUT2D eigenvalue weighted by Gasteiger charge is 2.18. The molecule has 0 aromatic heterocycles. The molecule has 23 heavy (non-hydrogen) atoms. The highest BCUT2D eigenvalue weighted by atomic mass is 16.6. The number of ketones is 1. The summed E-state index contributed by atoms with van der Waals surface area (Å²) in [5, 5.41) is 11.1. The van der Waals surface area contributed by atoms with E-state index in [4.69, 9.17) is 9.47 Å². The number of benzene rings is 2. The third-order valence-corrected chi connectivity index (χ3v) is 3.40. The van der Waals surface area contributed by atoms with Crippen molar-refractivity contribution in [3.05, 3.63) is 63.2 Å². The van der Waals surface area contributed by atoms with Gasteiger partial charge < -0.3 is 9.47 Å². The smallest absolute Gasteiger partial charge is 0.314 e. The van der Waals surface area contributed by atoms with E-state index in [1.807, 2.05) is 26.0 Å². The first-order valence-electron chi connectivity index (χ1n) is 6.98. The summed E-state index contributed by atoms with van der Waals surface area (Å²) in [5.74, 6) is 0.159. The SMILES string of the molecule is COc1ccc(OCC(=O)c2ccc(C)cc2C)c([N+](=O)[O-])c1. The van der Waals surface area contributed by atoms with Crippen molar-refractivity contribution >= 4 is 11.5 Å². The van der Waals surface area contributed by atoms with Gasteiger partial charge in [-0.05, 0) is 31.5 Å². The van der Waals surface area contributed by atoms with E-state index in [9.17, 15) is 14.9 Å². The van der Waals surface area contributed by atoms with E-state index in [0.29, 0.717) is 11.3 Å². The predicted molar refractivity (Wildman–Crippen MR) is 85.4 cm³/mol. The lowest BCUT2D eigenvalue weighted by Gasteiger charge is -2.09. The van der Waals surface area contributed by atoms with E-state index in [1.165, 1.54) is 19.2 Å². The molecule has 0 amide bonds. The summed E-state index contributed by atoms with van der Waals surface area (Å²) >= 11 is 0. The third kappa shape index (κ3) is 3.85. The maximum Gasteiger partial charge on any atom is 0.314 e. The van der Waals surface area contributed by atoms with Crippen molar-refractivity contribution < 1.29 is 19.2 Å². The number of rotatable bonds is 6. The van der Waals surface area contributed by atoms with E-state index in [0.717, 1.165) is 11.1 Å². The average molecular weight is 315 g/mol. The van der Waals surface area contributed by atoms with E-state index in [2.05, 4.69) is 0 Å². The van der Waals surface area contributed by atoms with Gasteiger partial charge in [0.15, 0.2) is 18.1 Å². The van der Waals surface area contributed by atoms with Crippen LogP contribution in [0, 0.1) is 24.0 Å². The minimum Gasteiger partial charge on any atom is -0.496 e. The summed E-state index contributed by atoms with van der Waals surface area (Å²) < 4.78 is 10.3. The van der Waals surface area contributed by atoms with E-state index < -0.39 is 4.92 Å². The van der Waals surface area contributed by atoms with Crippen molar-refractivity contribution in [1.82, 2.24) is 0 Å². The Morgan fingerprint density at radius 2 is 1.91 bits per heavy atom. The molecule has 0 N–H and O–H groups in total. The minimum atomic E-state index is -0.570. The molecule has 0 heterocycles. The van der Waals surface area contributed by atoms with Gasteiger partial charge in [-0.25, -0.2) is 0 Å². The molecular weight excluding hydrogens is 298 g/mol. The van der Waals surface area contributed by atoms with Crippen LogP contribution in [0.4, 0.5) is 5.69 Å². The second-order valence-electron chi connectivity index (χ2n) is 5.12. The fourth-order valence-electron chi connectivity index (χ4n) is 2.24. The van der Waals surface area contributed by atoms with E-state index >= 15 is 0 Å². The Kier molecular flexibility index (Phi) is 4.95. The Labute approximate surface area is 133 Å². The number of carbonyl (C=O) groups excluding carboxylic acids is 1. The fourth-order valence-corrected chi connectivity index (χ4v) is 2.24. The molecule has 0 aliphatic heterocycles. The lowest BCUT2D eigenvalue weighted by molar-refractivity contribution is -0.385. The lowest BCUT2D eigenvalue weighted by atomic mass is 10.0. The molecule has 0 radical (unpaired) electrons. The number of nitro benzene ring substituents is 1. The van der Waals surface area contributed by atoms with E-state index in [-0.39, 0.29) is 23.8 Å². The number of Topliss-reactive ketones (excluding diaryl/α,β-unsaturated/α-hetero) is 1. The van der Waals surface area contributed by atoms with Gasteiger partial charge in [-0.15, -0.1) is 0 Å². The number of nitro groups is 1. The fraction of sp³-hybridized carbons (Fsp3) is 0.235. The standard InChI is InChI=1S/C17H17NO5/c1-11-4-6-14(12(2)8-11)16(19)10-23-17-7-5-13(22-3)9-15(17)18(20)21/h4-9H,10H2,1-3H3. The Morgan fingerprint density at radius 1 is 1.17 bits per heavy atom. The average Bonchev–Trinajstić information content (AvgIpc) is 2.52. The first-order chi connectivity index (χ1) is 10.9. The molecule has 6 nitrogen and oxygen atoms in total. The first-order valence-corrected chi connectivity index (χ1v) is 6.98. The number of hydrogen-bond donors (Lipinski definition) is 0. The Bertz CT molecular complexity index is 755. The Morgan fingerprint density at radius 3 is 2.52 bits per heavy atom. The van der Waals surface area contributed by atoms with Gasteiger partial charge in [-0.2, -0.15) is 0 Å². The van der Waals surface area contributed by atoms with Gasteiger partial charge in [-0.3, -0.25) is 14.9 Å². The zero-order valence-electron chi connectivity index (χ0n) is 13.2. The molecule has 0 aliphatic carbocycles. The van der Waals surface area contributed by atoms with Crippen molar-refractivity contribution in [3.63, 3.8) is 0 Å². The van der Waals surface area contributed by atoms with Gasteiger partial charge in [-0.1, -0.05) is 23.8 Å². The Hall–Kier alpha value is -2.89. The van der Waals surface area contributed by atoms with Crippen LogP contribution in [0.25, 0.3) is 0 Å². The zero-order chi connectivity index (χ0) is 17.0. The van der Waals surface area contributed by atoms with Crippen LogP contribution in [0.2, 0.25) is 0 Å². The monoisotopic (exact) mass is 315 g/mol. The predicted octanol–water partition coefficient (Wildman–Crippen LogP) is 3.48. The number of hydrogen-bond acceptors (Lipinski definition) is 5. The van der Waals surface area contributed by atoms with Crippen LogP contribution in [-0.2, 0) is 0 Å². The van der Waals surface area contributed by atoms with Crippen LogP contribution in [0.5, 0.6) is 11.5 Å². The molecule has 2 rings (SSSR count). The molecule has 0 fully saturated rings. The van der Waals surface area contributed by atoms with Crippen molar-refractivity contribution in [1.29, 1.82) is 0 Å². The second kappa shape index (κ2) is 6.91. The molecule has 0 aliphatic rings.